The lowest BCUT2D eigenvalue weighted by molar-refractivity contribution is -0.690. The fourth-order valence-corrected chi connectivity index (χ4v) is 6.68. The predicted molar refractivity (Wildman–Crippen MR) is 128 cm³/mol. The van der Waals surface area contributed by atoms with Crippen LogP contribution in [0.1, 0.15) is 16.3 Å². The molecule has 1 saturated heterocycles. The van der Waals surface area contributed by atoms with Crippen molar-refractivity contribution in [1.82, 2.24) is 15.2 Å². The van der Waals surface area contributed by atoms with E-state index in [4.69, 9.17) is 15.7 Å². The van der Waals surface area contributed by atoms with Crippen LogP contribution in [0.2, 0.25) is 0 Å². The van der Waals surface area contributed by atoms with E-state index in [0.29, 0.717) is 16.1 Å². The van der Waals surface area contributed by atoms with Gasteiger partial charge in [0.2, 0.25) is 5.51 Å². The molecule has 0 saturated carbocycles. The lowest BCUT2D eigenvalue weighted by Gasteiger charge is -2.50. The number of aliphatic carboxylic acids is 2. The molecule has 0 bridgehead atoms. The Labute approximate surface area is 216 Å². The fraction of sp³-hybridized carbons (Fsp3) is 0.350. The van der Waals surface area contributed by atoms with Gasteiger partial charge in [-0.25, -0.2) is 4.98 Å². The van der Waals surface area contributed by atoms with Crippen molar-refractivity contribution in [2.45, 2.75) is 31.3 Å². The van der Waals surface area contributed by atoms with Crippen molar-refractivity contribution >= 4 is 69.0 Å². The highest BCUT2D eigenvalue weighted by Gasteiger charge is 2.53. The number of carboxylic acids is 2. The SMILES string of the molecule is CO/N=C(\C(=O)N[C@@H]1C(=O)N2C(C(=O)[O-])=C(C[n+]3csc(CC(=O)O)c3C)CS[C@H]12)c1csc(N)n1. The van der Waals surface area contributed by atoms with Gasteiger partial charge >= 0.3 is 5.97 Å². The van der Waals surface area contributed by atoms with E-state index in [2.05, 4.69) is 15.5 Å². The van der Waals surface area contributed by atoms with E-state index in [0.717, 1.165) is 16.2 Å². The normalized spacial score (nSPS) is 19.6. The fourth-order valence-electron chi connectivity index (χ4n) is 3.82. The number of carbonyl (C=O) groups excluding carboxylic acids is 3. The van der Waals surface area contributed by atoms with Crippen molar-refractivity contribution in [3.8, 4) is 0 Å². The molecule has 2 aromatic rings. The molecule has 4 N–H and O–H groups in total. The highest BCUT2D eigenvalue weighted by atomic mass is 32.2. The van der Waals surface area contributed by atoms with Gasteiger partial charge in [-0.3, -0.25) is 19.3 Å². The summed E-state index contributed by atoms with van der Waals surface area (Å²) in [6.07, 6.45) is -0.138. The second-order valence-corrected chi connectivity index (χ2v) is 10.7. The first-order valence-corrected chi connectivity index (χ1v) is 13.1. The first-order valence-electron chi connectivity index (χ1n) is 10.3. The van der Waals surface area contributed by atoms with Gasteiger partial charge in [-0.2, -0.15) is 4.57 Å². The van der Waals surface area contributed by atoms with Gasteiger partial charge in [0.05, 0.1) is 23.0 Å². The third-order valence-corrected chi connectivity index (χ3v) is 8.62. The number of amides is 2. The Morgan fingerprint density at radius 3 is 2.78 bits per heavy atom. The maximum atomic E-state index is 13.0. The van der Waals surface area contributed by atoms with E-state index >= 15 is 0 Å². The average Bonchev–Trinajstić information content (AvgIpc) is 3.40. The summed E-state index contributed by atoms with van der Waals surface area (Å²) in [6.45, 7) is 1.91. The number of thiazole rings is 2. The molecule has 1 fully saturated rings. The Balaban J connectivity index is 1.53. The topological polar surface area (TPSA) is 191 Å². The molecule has 0 aliphatic carbocycles. The minimum atomic E-state index is -1.51. The molecule has 2 aromatic heterocycles. The number of nitrogens with zero attached hydrogens (tertiary/aromatic N) is 4. The maximum Gasteiger partial charge on any atom is 0.308 e. The van der Waals surface area contributed by atoms with Crippen molar-refractivity contribution in [3.05, 3.63) is 38.4 Å². The van der Waals surface area contributed by atoms with Gasteiger partial charge in [-0.15, -0.1) is 23.1 Å². The second-order valence-electron chi connectivity index (χ2n) is 7.72. The molecule has 16 heteroatoms. The molecule has 2 atom stereocenters. The first-order chi connectivity index (χ1) is 17.1. The summed E-state index contributed by atoms with van der Waals surface area (Å²) in [5, 5.41) is 28.4. The summed E-state index contributed by atoms with van der Waals surface area (Å²) in [6, 6.07) is -0.992. The van der Waals surface area contributed by atoms with Crippen LogP contribution in [0.4, 0.5) is 5.13 Å². The number of nitrogen functional groups attached to an aromatic ring is 1. The Bertz CT molecular complexity index is 1320. The minimum Gasteiger partial charge on any atom is -0.543 e. The molecule has 2 aliphatic rings. The summed E-state index contributed by atoms with van der Waals surface area (Å²) in [4.78, 5) is 59.4. The lowest BCUT2D eigenvalue weighted by Crippen LogP contribution is -2.71. The quantitative estimate of drug-likeness (QED) is 0.142. The zero-order valence-electron chi connectivity index (χ0n) is 18.9. The van der Waals surface area contributed by atoms with Crippen LogP contribution in [0.5, 0.6) is 0 Å². The highest BCUT2D eigenvalue weighted by molar-refractivity contribution is 8.00. The van der Waals surface area contributed by atoms with Crippen molar-refractivity contribution in [1.29, 1.82) is 0 Å². The zero-order valence-corrected chi connectivity index (χ0v) is 21.4. The van der Waals surface area contributed by atoms with Crippen LogP contribution in [0.15, 0.2) is 27.3 Å². The number of thioether (sulfide) groups is 1. The number of aromatic nitrogens is 2. The monoisotopic (exact) mass is 552 g/mol. The zero-order chi connectivity index (χ0) is 26.1. The number of fused-ring (bicyclic) bond motifs is 1. The molecule has 0 radical (unpaired) electrons. The Hall–Kier alpha value is -3.50. The molecule has 190 valence electrons. The largest absolute Gasteiger partial charge is 0.543 e. The van der Waals surface area contributed by atoms with Crippen molar-refractivity contribution in [3.63, 3.8) is 0 Å². The Morgan fingerprint density at radius 1 is 1.42 bits per heavy atom. The Kier molecular flexibility index (Phi) is 7.28. The van der Waals surface area contributed by atoms with Gasteiger partial charge < -0.3 is 30.9 Å². The van der Waals surface area contributed by atoms with Crippen LogP contribution in [0.25, 0.3) is 0 Å². The molecular weight excluding hydrogens is 532 g/mol. The third kappa shape index (κ3) is 4.78. The molecule has 0 unspecified atom stereocenters. The van der Waals surface area contributed by atoms with Crippen LogP contribution in [0.3, 0.4) is 0 Å². The molecule has 2 aliphatic heterocycles. The number of hydrogen-bond donors (Lipinski definition) is 3. The molecule has 36 heavy (non-hydrogen) atoms. The van der Waals surface area contributed by atoms with E-state index in [1.807, 2.05) is 0 Å². The van der Waals surface area contributed by atoms with Crippen molar-refractivity contribution < 1.29 is 38.8 Å². The lowest BCUT2D eigenvalue weighted by atomic mass is 10.0. The molecule has 4 heterocycles. The summed E-state index contributed by atoms with van der Waals surface area (Å²) in [5.41, 5.74) is 8.25. The van der Waals surface area contributed by atoms with E-state index < -0.39 is 35.2 Å². The van der Waals surface area contributed by atoms with E-state index in [-0.39, 0.29) is 41.0 Å². The maximum absolute atomic E-state index is 13.0. The number of carboxylic acid groups (broad SMARTS) is 2. The van der Waals surface area contributed by atoms with Gasteiger partial charge in [0.1, 0.15) is 24.2 Å². The number of anilines is 1. The predicted octanol–water partition coefficient (Wildman–Crippen LogP) is -1.54. The molecule has 0 aromatic carbocycles. The van der Waals surface area contributed by atoms with Gasteiger partial charge in [0.15, 0.2) is 23.1 Å². The average molecular weight is 553 g/mol. The number of rotatable bonds is 9. The summed E-state index contributed by atoms with van der Waals surface area (Å²) in [7, 11) is 1.26. The molecular formula is C20H20N6O7S3. The van der Waals surface area contributed by atoms with Gasteiger partial charge in [0, 0.05) is 23.6 Å². The van der Waals surface area contributed by atoms with Crippen LogP contribution in [-0.4, -0.2) is 68.7 Å². The number of oxime groups is 1. The summed E-state index contributed by atoms with van der Waals surface area (Å²) in [5.74, 6) is -3.53. The smallest absolute Gasteiger partial charge is 0.308 e. The van der Waals surface area contributed by atoms with E-state index in [9.17, 15) is 24.3 Å². The second kappa shape index (κ2) is 10.2. The highest BCUT2D eigenvalue weighted by Crippen LogP contribution is 2.40. The third-order valence-electron chi connectivity index (χ3n) is 5.52. The summed E-state index contributed by atoms with van der Waals surface area (Å²) < 4.78 is 1.75. The number of carbonyl (C=O) groups is 4. The van der Waals surface area contributed by atoms with Crippen LogP contribution < -0.4 is 20.7 Å². The Morgan fingerprint density at radius 2 is 2.17 bits per heavy atom. The molecule has 4 rings (SSSR count). The molecule has 2 amide bonds. The standard InChI is InChI=1S/C20H20N6O7S3/c1-8-11(3-12(27)28)36-7-25(8)4-9-5-34-18-14(17(30)26(18)15(9)19(31)32)23-16(29)13(24-33-2)10-6-35-20(21)22-10/h6-7,14,18H,3-5H2,1-2H3,(H4-,21,22,23,27,28,29,31,32)/b24-13-/t14-,18-/m1/s1. The number of nitrogens with two attached hydrogens (primary N) is 1. The van der Waals surface area contributed by atoms with Gasteiger partial charge in [-0.1, -0.05) is 16.5 Å². The molecule has 13 nitrogen and oxygen atoms in total. The number of β-lactam (4-membered cyclic amide) rings is 1. The minimum absolute atomic E-state index is 0.138. The van der Waals surface area contributed by atoms with Crippen LogP contribution in [-0.2, 0) is 37.0 Å². The van der Waals surface area contributed by atoms with Crippen LogP contribution >= 0.6 is 34.4 Å². The van der Waals surface area contributed by atoms with Gasteiger partial charge in [0.25, 0.3) is 11.8 Å². The first kappa shape index (κ1) is 25.6. The van der Waals surface area contributed by atoms with Crippen LogP contribution in [0, 0.1) is 6.92 Å². The molecule has 0 spiro atoms. The number of nitrogens with one attached hydrogen (secondary N) is 1. The van der Waals surface area contributed by atoms with Crippen molar-refractivity contribution in [2.24, 2.45) is 5.16 Å². The van der Waals surface area contributed by atoms with E-state index in [1.54, 1.807) is 17.0 Å². The van der Waals surface area contributed by atoms with Gasteiger partial charge in [-0.05, 0) is 0 Å². The number of hydrogen-bond acceptors (Lipinski definition) is 12. The van der Waals surface area contributed by atoms with Crippen molar-refractivity contribution in [2.75, 3.05) is 18.6 Å². The van der Waals surface area contributed by atoms with E-state index in [1.165, 1.54) is 35.6 Å². The summed E-state index contributed by atoms with van der Waals surface area (Å²) >= 11 is 3.66.